The number of ketones is 1. The van der Waals surface area contributed by atoms with Crippen LogP contribution in [0.15, 0.2) is 54.6 Å². The Hall–Kier alpha value is -3.98. The van der Waals surface area contributed by atoms with Gasteiger partial charge in [0.25, 0.3) is 17.6 Å². The first kappa shape index (κ1) is 22.8. The molecular formula is C26H27N5O4. The second kappa shape index (κ2) is 8.99. The fraction of sp³-hybridized carbons (Fsp3) is 0.308. The lowest BCUT2D eigenvalue weighted by atomic mass is 10.0. The quantitative estimate of drug-likeness (QED) is 0.462. The zero-order valence-corrected chi connectivity index (χ0v) is 19.9. The number of carbonyl (C=O) groups is 3. The lowest BCUT2D eigenvalue weighted by molar-refractivity contribution is -0.130. The molecule has 1 atom stereocenters. The largest absolute Gasteiger partial charge is 0.410 e. The normalized spacial score (nSPS) is 18.8. The Bertz CT molecular complexity index is 1350. The molecule has 5 rings (SSSR count). The molecule has 9 heteroatoms. The molecule has 0 radical (unpaired) electrons. The molecule has 1 fully saturated rings. The molecule has 0 aliphatic carbocycles. The molecule has 2 aliphatic heterocycles. The van der Waals surface area contributed by atoms with Crippen molar-refractivity contribution in [3.05, 3.63) is 71.2 Å². The minimum absolute atomic E-state index is 0.0737. The van der Waals surface area contributed by atoms with E-state index in [2.05, 4.69) is 9.97 Å². The number of allylic oxidation sites excluding steroid dienone is 1. The molecule has 0 bridgehead atoms. The number of amides is 2. The lowest BCUT2D eigenvalue weighted by Crippen LogP contribution is -2.56. The number of benzene rings is 1. The van der Waals surface area contributed by atoms with E-state index in [-0.39, 0.29) is 17.5 Å². The summed E-state index contributed by atoms with van der Waals surface area (Å²) in [7, 11) is 1.85. The number of carbonyl (C=O) groups excluding carboxylic acids is 3. The van der Waals surface area contributed by atoms with Gasteiger partial charge in [0.1, 0.15) is 5.76 Å². The van der Waals surface area contributed by atoms with Crippen LogP contribution in [0.1, 0.15) is 40.1 Å². The third-order valence-corrected chi connectivity index (χ3v) is 6.63. The minimum atomic E-state index is -0.610. The van der Waals surface area contributed by atoms with Gasteiger partial charge in [0.05, 0.1) is 23.1 Å². The molecule has 4 heterocycles. The summed E-state index contributed by atoms with van der Waals surface area (Å²) < 4.78 is 0. The summed E-state index contributed by atoms with van der Waals surface area (Å²) in [5.41, 5.74) is 3.90. The van der Waals surface area contributed by atoms with Crippen LogP contribution in [0.2, 0.25) is 0 Å². The first-order chi connectivity index (χ1) is 16.8. The van der Waals surface area contributed by atoms with Crippen LogP contribution in [0.4, 0.5) is 0 Å². The van der Waals surface area contributed by atoms with Gasteiger partial charge in [0.15, 0.2) is 0 Å². The van der Waals surface area contributed by atoms with E-state index in [1.54, 1.807) is 39.4 Å². The maximum atomic E-state index is 13.3. The first-order valence-electron chi connectivity index (χ1n) is 11.6. The van der Waals surface area contributed by atoms with Gasteiger partial charge in [-0.1, -0.05) is 18.2 Å². The van der Waals surface area contributed by atoms with Crippen molar-refractivity contribution in [2.45, 2.75) is 19.9 Å². The molecule has 0 spiro atoms. The van der Waals surface area contributed by atoms with Crippen molar-refractivity contribution < 1.29 is 19.2 Å². The number of fused-ring (bicyclic) bond motifs is 1. The molecule has 180 valence electrons. The Kier molecular flexibility index (Phi) is 5.86. The molecule has 9 nitrogen and oxygen atoms in total. The predicted molar refractivity (Wildman–Crippen MR) is 130 cm³/mol. The zero-order chi connectivity index (χ0) is 24.7. The number of hydrogen-bond acceptors (Lipinski definition) is 6. The van der Waals surface area contributed by atoms with Gasteiger partial charge in [-0.3, -0.25) is 19.4 Å². The van der Waals surface area contributed by atoms with Crippen molar-refractivity contribution >= 4 is 34.2 Å². The molecule has 1 saturated heterocycles. The van der Waals surface area contributed by atoms with Gasteiger partial charge in [0, 0.05) is 61.8 Å². The number of likely N-dealkylation sites (N-methyl/N-ethyl adjacent to an activating group) is 1. The van der Waals surface area contributed by atoms with Crippen LogP contribution in [0, 0.1) is 0 Å². The van der Waals surface area contributed by atoms with E-state index in [4.69, 9.17) is 4.84 Å². The van der Waals surface area contributed by atoms with E-state index in [9.17, 15) is 14.4 Å². The van der Waals surface area contributed by atoms with Crippen LogP contribution in [-0.4, -0.2) is 81.7 Å². The average Bonchev–Trinajstić information content (AvgIpc) is 3.45. The summed E-state index contributed by atoms with van der Waals surface area (Å²) in [6, 6.07) is 10.7. The molecule has 3 aromatic rings. The third kappa shape index (κ3) is 4.08. The second-order valence-electron chi connectivity index (χ2n) is 8.99. The number of nitrogens with zero attached hydrogens (tertiary/aromatic N) is 4. The number of hydrogen-bond donors (Lipinski definition) is 1. The number of aromatic nitrogens is 2. The summed E-state index contributed by atoms with van der Waals surface area (Å²) in [5.74, 6) is -0.483. The average molecular weight is 474 g/mol. The van der Waals surface area contributed by atoms with Crippen LogP contribution < -0.4 is 0 Å². The van der Waals surface area contributed by atoms with E-state index in [1.165, 1.54) is 0 Å². The van der Waals surface area contributed by atoms with E-state index in [0.29, 0.717) is 42.8 Å². The zero-order valence-electron chi connectivity index (χ0n) is 19.9. The fourth-order valence-corrected chi connectivity index (χ4v) is 4.83. The Morgan fingerprint density at radius 3 is 2.57 bits per heavy atom. The molecule has 35 heavy (non-hydrogen) atoms. The number of hydroxylamine groups is 2. The van der Waals surface area contributed by atoms with Crippen LogP contribution in [0.5, 0.6) is 0 Å². The number of nitrogens with one attached hydrogen (secondary N) is 1. The number of rotatable bonds is 4. The number of piperazine rings is 1. The molecule has 0 unspecified atom stereocenters. The van der Waals surface area contributed by atoms with Gasteiger partial charge in [-0.15, -0.1) is 5.06 Å². The molecular weight excluding hydrogens is 446 g/mol. The number of aromatic amines is 1. The van der Waals surface area contributed by atoms with Crippen molar-refractivity contribution in [2.24, 2.45) is 0 Å². The highest BCUT2D eigenvalue weighted by Gasteiger charge is 2.34. The highest BCUT2D eigenvalue weighted by molar-refractivity contribution is 6.44. The van der Waals surface area contributed by atoms with E-state index in [0.717, 1.165) is 16.9 Å². The Labute approximate surface area is 202 Å². The van der Waals surface area contributed by atoms with E-state index < -0.39 is 11.7 Å². The maximum Gasteiger partial charge on any atom is 0.295 e. The van der Waals surface area contributed by atoms with Crippen molar-refractivity contribution in [1.29, 1.82) is 0 Å². The third-order valence-electron chi connectivity index (χ3n) is 6.63. The number of pyridine rings is 1. The van der Waals surface area contributed by atoms with Crippen molar-refractivity contribution in [1.82, 2.24) is 24.8 Å². The fourth-order valence-electron chi connectivity index (χ4n) is 4.83. The highest BCUT2D eigenvalue weighted by Crippen LogP contribution is 2.32. The molecule has 2 aliphatic rings. The number of H-pyrrole nitrogens is 1. The lowest BCUT2D eigenvalue weighted by Gasteiger charge is -2.39. The van der Waals surface area contributed by atoms with E-state index >= 15 is 0 Å². The summed E-state index contributed by atoms with van der Waals surface area (Å²) in [6.45, 7) is 5.38. The van der Waals surface area contributed by atoms with Crippen LogP contribution in [0.25, 0.3) is 16.6 Å². The monoisotopic (exact) mass is 473 g/mol. The van der Waals surface area contributed by atoms with E-state index in [1.807, 2.05) is 45.2 Å². The Morgan fingerprint density at radius 2 is 1.89 bits per heavy atom. The predicted octanol–water partition coefficient (Wildman–Crippen LogP) is 2.73. The summed E-state index contributed by atoms with van der Waals surface area (Å²) in [5, 5.41) is 1.74. The van der Waals surface area contributed by atoms with Crippen LogP contribution in [0.3, 0.4) is 0 Å². The first-order valence-corrected chi connectivity index (χ1v) is 11.6. The van der Waals surface area contributed by atoms with Crippen molar-refractivity contribution in [3.63, 3.8) is 0 Å². The van der Waals surface area contributed by atoms with Gasteiger partial charge >= 0.3 is 0 Å². The van der Waals surface area contributed by atoms with Crippen molar-refractivity contribution in [3.8, 4) is 0 Å². The molecule has 1 aromatic carbocycles. The highest BCUT2D eigenvalue weighted by atomic mass is 16.7. The van der Waals surface area contributed by atoms with Gasteiger partial charge in [-0.25, -0.2) is 0 Å². The molecule has 0 saturated carbocycles. The van der Waals surface area contributed by atoms with Crippen LogP contribution >= 0.6 is 0 Å². The van der Waals surface area contributed by atoms with Gasteiger partial charge in [0.2, 0.25) is 0 Å². The summed E-state index contributed by atoms with van der Waals surface area (Å²) in [4.78, 5) is 55.8. The SMILES string of the molecule is CC1=C(c2ccnc3c(C(=O)C(=O)N4CCN(C(=O)c5ccccc5)C[C@H]4C)c[nH]c23)CN(C)O1. The van der Waals surface area contributed by atoms with Gasteiger partial charge < -0.3 is 19.6 Å². The molecule has 2 amide bonds. The van der Waals surface area contributed by atoms with Crippen LogP contribution in [-0.2, 0) is 9.63 Å². The molecule has 1 N–H and O–H groups in total. The standard InChI is InChI=1S/C26H27N5O4/c1-16-14-30(25(33)18-7-5-4-6-8-18)11-12-31(16)26(34)24(32)20-13-28-22-19(9-10-27-23(20)22)21-15-29(3)35-17(21)2/h4-10,13,16,28H,11-12,14-15H2,1-3H3/t16-/m1/s1. The topological polar surface area (TPSA) is 98.8 Å². The molecule has 2 aromatic heterocycles. The number of Topliss-reactive ketones (excluding diaryl/α,β-unsaturated/α-hetero) is 1. The van der Waals surface area contributed by atoms with Crippen molar-refractivity contribution in [2.75, 3.05) is 33.2 Å². The van der Waals surface area contributed by atoms with Gasteiger partial charge in [-0.2, -0.15) is 0 Å². The second-order valence-corrected chi connectivity index (χ2v) is 8.99. The smallest absolute Gasteiger partial charge is 0.295 e. The summed E-state index contributed by atoms with van der Waals surface area (Å²) >= 11 is 0. The van der Waals surface area contributed by atoms with Gasteiger partial charge in [-0.05, 0) is 32.0 Å². The summed E-state index contributed by atoms with van der Waals surface area (Å²) in [6.07, 6.45) is 3.19. The minimum Gasteiger partial charge on any atom is -0.410 e. The Morgan fingerprint density at radius 1 is 1.11 bits per heavy atom. The Balaban J connectivity index is 1.34. The maximum absolute atomic E-state index is 13.3.